The van der Waals surface area contributed by atoms with Crippen LogP contribution < -0.4 is 4.90 Å². The fourth-order valence-electron chi connectivity index (χ4n) is 13.7. The molecule has 0 unspecified atom stereocenters. The van der Waals surface area contributed by atoms with Gasteiger partial charge in [-0.2, -0.15) is 0 Å². The second kappa shape index (κ2) is 35.9. The maximum absolute atomic E-state index is 4.60. The molecule has 0 fully saturated rings. The lowest BCUT2D eigenvalue weighted by Gasteiger charge is -2.26. The van der Waals surface area contributed by atoms with Crippen LogP contribution in [0, 0.1) is 24.2 Å². The molecule has 109 heavy (non-hydrogen) atoms. The maximum atomic E-state index is 4.60. The van der Waals surface area contributed by atoms with Crippen molar-refractivity contribution in [3.05, 3.63) is 416 Å². The van der Waals surface area contributed by atoms with E-state index in [1.165, 1.54) is 111 Å². The van der Waals surface area contributed by atoms with Crippen LogP contribution in [0.15, 0.2) is 405 Å². The van der Waals surface area contributed by atoms with Gasteiger partial charge < -0.3 is 14.0 Å². The second-order valence-electron chi connectivity index (χ2n) is 25.8. The molecular formula is C103H82BrN5. The van der Waals surface area contributed by atoms with Gasteiger partial charge in [-0.3, -0.25) is 9.97 Å². The SMILES string of the molecule is Brc1ccc(-c2ccccn2)cc1.C.C#CC.CC#CC.c1ccc(-c2ccc(Cc3ccc(-c4ccc5c(c4)c4ccccc4n5-c4ccccc4)cc3)cc2)cc1.c1ccc(-c2ccc(N(c3ccc(-c4ccc5c(c4)c4ccccc4n5-c4ccccc4)cc3)c3ccc(-c4ccccn4)cc3)cc2)cc1. The highest BCUT2D eigenvalue weighted by atomic mass is 79.9. The molecule has 4 aromatic heterocycles. The number of terminal acetylenes is 1. The average molecular weight is 1470 g/mol. The van der Waals surface area contributed by atoms with E-state index in [-0.39, 0.29) is 7.43 Å². The zero-order valence-corrected chi connectivity index (χ0v) is 62.1. The van der Waals surface area contributed by atoms with E-state index in [1.807, 2.05) is 80.7 Å². The molecule has 0 aliphatic carbocycles. The van der Waals surface area contributed by atoms with Crippen molar-refractivity contribution in [1.29, 1.82) is 0 Å². The van der Waals surface area contributed by atoms with Crippen molar-refractivity contribution in [2.75, 3.05) is 4.90 Å². The highest BCUT2D eigenvalue weighted by Gasteiger charge is 2.18. The molecule has 0 aliphatic heterocycles. The molecule has 14 aromatic carbocycles. The van der Waals surface area contributed by atoms with Crippen molar-refractivity contribution in [1.82, 2.24) is 19.1 Å². The Labute approximate surface area is 649 Å². The molecule has 0 saturated carbocycles. The lowest BCUT2D eigenvalue weighted by molar-refractivity contribution is 1.18. The van der Waals surface area contributed by atoms with Gasteiger partial charge in [-0.25, -0.2) is 0 Å². The van der Waals surface area contributed by atoms with Crippen LogP contribution in [0.5, 0.6) is 0 Å². The Morgan fingerprint density at radius 3 is 0.936 bits per heavy atom. The van der Waals surface area contributed by atoms with Crippen molar-refractivity contribution < 1.29 is 0 Å². The number of nitrogens with zero attached hydrogens (tertiary/aromatic N) is 5. The second-order valence-corrected chi connectivity index (χ2v) is 26.8. The summed E-state index contributed by atoms with van der Waals surface area (Å²) >= 11 is 3.40. The number of pyridine rings is 2. The van der Waals surface area contributed by atoms with Crippen molar-refractivity contribution in [3.63, 3.8) is 0 Å². The predicted molar refractivity (Wildman–Crippen MR) is 468 cm³/mol. The molecule has 18 rings (SSSR count). The van der Waals surface area contributed by atoms with E-state index in [9.17, 15) is 0 Å². The first kappa shape index (κ1) is 73.7. The molecule has 0 radical (unpaired) electrons. The molecule has 0 spiro atoms. The van der Waals surface area contributed by atoms with Gasteiger partial charge in [-0.1, -0.05) is 278 Å². The molecule has 526 valence electrons. The summed E-state index contributed by atoms with van der Waals surface area (Å²) in [5.41, 5.74) is 27.1. The third kappa shape index (κ3) is 17.4. The van der Waals surface area contributed by atoms with E-state index in [2.05, 4.69) is 392 Å². The van der Waals surface area contributed by atoms with E-state index >= 15 is 0 Å². The van der Waals surface area contributed by atoms with Crippen LogP contribution in [0.25, 0.3) is 122 Å². The Kier molecular flexibility index (Phi) is 24.3. The van der Waals surface area contributed by atoms with E-state index in [0.717, 1.165) is 50.5 Å². The Bertz CT molecular complexity index is 5960. The molecule has 0 N–H and O–H groups in total. The van der Waals surface area contributed by atoms with Gasteiger partial charge in [-0.05, 0) is 216 Å². The number of aromatic nitrogens is 4. The average Bonchev–Trinajstić information content (AvgIpc) is 1.59. The van der Waals surface area contributed by atoms with Crippen molar-refractivity contribution in [2.45, 2.75) is 34.6 Å². The molecule has 0 saturated heterocycles. The standard InChI is InChI=1S/C47H33N3.C37H27N.C11H8BrN.C4H6.C3H4.CH4/c1-3-11-34(12-4-1)35-18-25-40(26-19-35)49(42-29-22-37(23-30-42)45-16-9-10-32-48-45)41-27-20-36(21-28-41)38-24-31-47-44(33-38)43-15-7-8-17-46(43)50(47)39-13-5-2-6-14-39;1-3-9-29(10-4-1)30-19-15-27(16-20-30)25-28-17-21-31(22-18-28)32-23-24-37-35(26-32)34-13-7-8-14-36(34)38(37)33-11-5-2-6-12-33;12-10-6-4-9(5-7-10)11-3-1-2-8-13-11;1-3-4-2;1-3-2;/h1-33H;1-24,26H,25H2;1-8H;1-2H3;1H,2H3;1H4. The van der Waals surface area contributed by atoms with Crippen molar-refractivity contribution in [2.24, 2.45) is 0 Å². The molecule has 0 amide bonds. The van der Waals surface area contributed by atoms with E-state index < -0.39 is 0 Å². The summed E-state index contributed by atoms with van der Waals surface area (Å²) < 4.78 is 5.81. The van der Waals surface area contributed by atoms with Crippen LogP contribution in [0.3, 0.4) is 0 Å². The third-order valence-corrected chi connectivity index (χ3v) is 19.5. The lowest BCUT2D eigenvalue weighted by Crippen LogP contribution is -2.09. The van der Waals surface area contributed by atoms with Gasteiger partial charge >= 0.3 is 0 Å². The number of anilines is 3. The molecule has 18 aromatic rings. The first-order valence-corrected chi connectivity index (χ1v) is 37.0. The highest BCUT2D eigenvalue weighted by Crippen LogP contribution is 2.41. The largest absolute Gasteiger partial charge is 0.311 e. The van der Waals surface area contributed by atoms with Crippen LogP contribution in [-0.4, -0.2) is 19.1 Å². The Morgan fingerprint density at radius 1 is 0.294 bits per heavy atom. The third-order valence-electron chi connectivity index (χ3n) is 19.0. The number of benzene rings is 14. The van der Waals surface area contributed by atoms with E-state index in [0.29, 0.717) is 0 Å². The number of fused-ring (bicyclic) bond motifs is 6. The molecular weight excluding hydrogens is 1390 g/mol. The molecule has 5 nitrogen and oxygen atoms in total. The molecule has 0 atom stereocenters. The number of halogens is 1. The van der Waals surface area contributed by atoms with Gasteiger partial charge in [0.1, 0.15) is 0 Å². The van der Waals surface area contributed by atoms with Gasteiger partial charge in [0.25, 0.3) is 0 Å². The number of para-hydroxylation sites is 4. The van der Waals surface area contributed by atoms with E-state index in [1.54, 1.807) is 13.1 Å². The number of hydrogen-bond acceptors (Lipinski definition) is 3. The summed E-state index contributed by atoms with van der Waals surface area (Å²) in [6.07, 6.45) is 9.17. The zero-order valence-electron chi connectivity index (χ0n) is 60.5. The molecule has 0 bridgehead atoms. The van der Waals surface area contributed by atoms with Crippen molar-refractivity contribution >= 4 is 76.6 Å². The number of hydrogen-bond donors (Lipinski definition) is 0. The minimum absolute atomic E-state index is 0. The summed E-state index contributed by atoms with van der Waals surface area (Å²) in [6.45, 7) is 5.29. The zero-order chi connectivity index (χ0) is 73.8. The smallest absolute Gasteiger partial charge is 0.0701 e. The van der Waals surface area contributed by atoms with Gasteiger partial charge in [0.15, 0.2) is 0 Å². The quantitative estimate of drug-likeness (QED) is 0.108. The molecule has 0 aliphatic rings. The minimum atomic E-state index is 0. The Hall–Kier alpha value is -13.6. The monoisotopic (exact) mass is 1470 g/mol. The topological polar surface area (TPSA) is 38.9 Å². The Balaban J connectivity index is 0.000000155. The first-order chi connectivity index (χ1) is 53.3. The van der Waals surface area contributed by atoms with Crippen LogP contribution in [0.1, 0.15) is 39.3 Å². The summed E-state index contributed by atoms with van der Waals surface area (Å²) in [4.78, 5) is 11.1. The maximum Gasteiger partial charge on any atom is 0.0701 e. The normalized spacial score (nSPS) is 10.4. The van der Waals surface area contributed by atoms with Gasteiger partial charge in [-0.15, -0.1) is 24.2 Å². The lowest BCUT2D eigenvalue weighted by atomic mass is 9.98. The van der Waals surface area contributed by atoms with Crippen LogP contribution in [0.2, 0.25) is 0 Å². The summed E-state index contributed by atoms with van der Waals surface area (Å²) in [7, 11) is 0. The summed E-state index contributed by atoms with van der Waals surface area (Å²) in [5.74, 6) is 7.61. The van der Waals surface area contributed by atoms with Crippen LogP contribution >= 0.6 is 15.9 Å². The van der Waals surface area contributed by atoms with E-state index in [4.69, 9.17) is 0 Å². The van der Waals surface area contributed by atoms with Gasteiger partial charge in [0.05, 0.1) is 33.5 Å². The van der Waals surface area contributed by atoms with Gasteiger partial charge in [0.2, 0.25) is 0 Å². The van der Waals surface area contributed by atoms with Crippen LogP contribution in [-0.2, 0) is 6.42 Å². The fourth-order valence-corrected chi connectivity index (χ4v) is 13.9. The summed E-state index contributed by atoms with van der Waals surface area (Å²) in [6, 6.07) is 138. The highest BCUT2D eigenvalue weighted by molar-refractivity contribution is 9.10. The number of rotatable bonds is 13. The van der Waals surface area contributed by atoms with Crippen LogP contribution in [0.4, 0.5) is 17.1 Å². The fraction of sp³-hybridized carbons (Fsp3) is 0.0485. The van der Waals surface area contributed by atoms with Crippen molar-refractivity contribution in [3.8, 4) is 103 Å². The predicted octanol–water partition coefficient (Wildman–Crippen LogP) is 28.2. The van der Waals surface area contributed by atoms with Gasteiger partial charge in [0, 0.05) is 78.0 Å². The molecule has 6 heteroatoms. The summed E-state index contributed by atoms with van der Waals surface area (Å²) in [5, 5.41) is 5.07. The first-order valence-electron chi connectivity index (χ1n) is 36.2. The minimum Gasteiger partial charge on any atom is -0.311 e. The molecule has 4 heterocycles. The Morgan fingerprint density at radius 2 is 0.578 bits per heavy atom.